The zero-order valence-electron chi connectivity index (χ0n) is 14.3. The van der Waals surface area contributed by atoms with Gasteiger partial charge in [0.1, 0.15) is 0 Å². The van der Waals surface area contributed by atoms with Crippen LogP contribution in [-0.4, -0.2) is 12.6 Å². The van der Waals surface area contributed by atoms with Crippen molar-refractivity contribution in [3.05, 3.63) is 34.9 Å². The van der Waals surface area contributed by atoms with Crippen LogP contribution in [0.1, 0.15) is 68.6 Å². The SMILES string of the molecule is CCCNC(CCC1CCCC1)Cc1cc(C)ccc1C. The maximum absolute atomic E-state index is 3.79. The van der Waals surface area contributed by atoms with Crippen LogP contribution < -0.4 is 5.32 Å². The second kappa shape index (κ2) is 8.58. The Morgan fingerprint density at radius 2 is 1.95 bits per heavy atom. The van der Waals surface area contributed by atoms with Crippen LogP contribution in [0.3, 0.4) is 0 Å². The second-order valence-corrected chi connectivity index (χ2v) is 7.01. The molecule has 1 aliphatic carbocycles. The van der Waals surface area contributed by atoms with E-state index in [1.54, 1.807) is 0 Å². The second-order valence-electron chi connectivity index (χ2n) is 7.01. The summed E-state index contributed by atoms with van der Waals surface area (Å²) in [4.78, 5) is 0. The first kappa shape index (κ1) is 16.5. The van der Waals surface area contributed by atoms with Gasteiger partial charge in [-0.15, -0.1) is 0 Å². The number of benzene rings is 1. The lowest BCUT2D eigenvalue weighted by Gasteiger charge is -2.21. The molecule has 118 valence electrons. The fourth-order valence-corrected chi connectivity index (χ4v) is 3.65. The zero-order chi connectivity index (χ0) is 15.1. The van der Waals surface area contributed by atoms with Gasteiger partial charge in [0.05, 0.1) is 0 Å². The predicted molar refractivity (Wildman–Crippen MR) is 92.9 cm³/mol. The molecule has 0 amide bonds. The topological polar surface area (TPSA) is 12.0 Å². The molecule has 21 heavy (non-hydrogen) atoms. The van der Waals surface area contributed by atoms with Gasteiger partial charge in [-0.1, -0.05) is 56.4 Å². The molecule has 0 radical (unpaired) electrons. The minimum absolute atomic E-state index is 0.658. The Labute approximate surface area is 131 Å². The normalized spacial score (nSPS) is 17.3. The Kier molecular flexibility index (Phi) is 6.76. The van der Waals surface area contributed by atoms with Crippen molar-refractivity contribution in [3.8, 4) is 0 Å². The first-order chi connectivity index (χ1) is 10.2. The number of aryl methyl sites for hydroxylation is 2. The van der Waals surface area contributed by atoms with Crippen molar-refractivity contribution in [2.45, 2.75) is 78.2 Å². The summed E-state index contributed by atoms with van der Waals surface area (Å²) in [6.07, 6.45) is 11.1. The molecule has 1 fully saturated rings. The van der Waals surface area contributed by atoms with E-state index in [9.17, 15) is 0 Å². The fourth-order valence-electron chi connectivity index (χ4n) is 3.65. The van der Waals surface area contributed by atoms with Crippen molar-refractivity contribution in [2.75, 3.05) is 6.54 Å². The number of rotatable bonds is 8. The summed E-state index contributed by atoms with van der Waals surface area (Å²) < 4.78 is 0. The van der Waals surface area contributed by atoms with Gasteiger partial charge < -0.3 is 5.32 Å². The average molecular weight is 287 g/mol. The van der Waals surface area contributed by atoms with Crippen LogP contribution in [0.5, 0.6) is 0 Å². The standard InChI is InChI=1S/C20H33N/c1-4-13-21-20(12-11-18-7-5-6-8-18)15-19-14-16(2)9-10-17(19)3/h9-10,14,18,20-21H,4-8,11-13,15H2,1-3H3. The summed E-state index contributed by atoms with van der Waals surface area (Å²) in [7, 11) is 0. The highest BCUT2D eigenvalue weighted by Crippen LogP contribution is 2.29. The van der Waals surface area contributed by atoms with Crippen LogP contribution in [-0.2, 0) is 6.42 Å². The Balaban J connectivity index is 1.92. The van der Waals surface area contributed by atoms with E-state index < -0.39 is 0 Å². The van der Waals surface area contributed by atoms with Crippen molar-refractivity contribution >= 4 is 0 Å². The summed E-state index contributed by atoms with van der Waals surface area (Å²) in [5.74, 6) is 1.01. The molecule has 1 aliphatic rings. The third-order valence-corrected chi connectivity index (χ3v) is 5.05. The molecule has 1 aromatic rings. The summed E-state index contributed by atoms with van der Waals surface area (Å²) in [5, 5.41) is 3.79. The van der Waals surface area contributed by atoms with Gasteiger partial charge in [0.15, 0.2) is 0 Å². The zero-order valence-corrected chi connectivity index (χ0v) is 14.3. The first-order valence-electron chi connectivity index (χ1n) is 8.98. The molecule has 1 N–H and O–H groups in total. The summed E-state index contributed by atoms with van der Waals surface area (Å²) >= 11 is 0. The van der Waals surface area contributed by atoms with E-state index in [0.29, 0.717) is 6.04 Å². The monoisotopic (exact) mass is 287 g/mol. The van der Waals surface area contributed by atoms with Crippen LogP contribution in [0, 0.1) is 19.8 Å². The Morgan fingerprint density at radius 3 is 2.67 bits per heavy atom. The molecule has 0 heterocycles. The van der Waals surface area contributed by atoms with Crippen LogP contribution in [0.15, 0.2) is 18.2 Å². The molecular formula is C20H33N. The molecule has 0 spiro atoms. The van der Waals surface area contributed by atoms with Crippen molar-refractivity contribution in [3.63, 3.8) is 0 Å². The molecule has 1 aromatic carbocycles. The van der Waals surface area contributed by atoms with Crippen LogP contribution in [0.4, 0.5) is 0 Å². The van der Waals surface area contributed by atoms with E-state index in [2.05, 4.69) is 44.3 Å². The molecule has 0 aromatic heterocycles. The quantitative estimate of drug-likeness (QED) is 0.694. The summed E-state index contributed by atoms with van der Waals surface area (Å²) in [6, 6.07) is 7.54. The first-order valence-corrected chi connectivity index (χ1v) is 8.98. The fraction of sp³-hybridized carbons (Fsp3) is 0.700. The van der Waals surface area contributed by atoms with Crippen molar-refractivity contribution in [1.82, 2.24) is 5.32 Å². The van der Waals surface area contributed by atoms with Crippen molar-refractivity contribution in [2.24, 2.45) is 5.92 Å². The third kappa shape index (κ3) is 5.47. The highest BCUT2D eigenvalue weighted by molar-refractivity contribution is 5.31. The summed E-state index contributed by atoms with van der Waals surface area (Å²) in [6.45, 7) is 7.87. The highest BCUT2D eigenvalue weighted by atomic mass is 14.9. The number of hydrogen-bond acceptors (Lipinski definition) is 1. The lowest BCUT2D eigenvalue weighted by atomic mass is 9.93. The van der Waals surface area contributed by atoms with Gasteiger partial charge >= 0.3 is 0 Å². The molecule has 0 aliphatic heterocycles. The van der Waals surface area contributed by atoms with Gasteiger partial charge in [-0.05, 0) is 63.1 Å². The third-order valence-electron chi connectivity index (χ3n) is 5.05. The van der Waals surface area contributed by atoms with Gasteiger partial charge in [0, 0.05) is 6.04 Å². The predicted octanol–water partition coefficient (Wildman–Crippen LogP) is 5.18. The van der Waals surface area contributed by atoms with E-state index in [4.69, 9.17) is 0 Å². The molecule has 1 saturated carbocycles. The summed E-state index contributed by atoms with van der Waals surface area (Å²) in [5.41, 5.74) is 4.38. The molecule has 1 heteroatoms. The van der Waals surface area contributed by atoms with Crippen molar-refractivity contribution in [1.29, 1.82) is 0 Å². The van der Waals surface area contributed by atoms with E-state index in [1.165, 1.54) is 68.1 Å². The maximum atomic E-state index is 3.79. The van der Waals surface area contributed by atoms with Gasteiger partial charge in [-0.25, -0.2) is 0 Å². The maximum Gasteiger partial charge on any atom is 0.0108 e. The van der Waals surface area contributed by atoms with E-state index in [1.807, 2.05) is 0 Å². The Bertz CT molecular complexity index is 418. The molecule has 1 atom stereocenters. The lowest BCUT2D eigenvalue weighted by Crippen LogP contribution is -2.32. The van der Waals surface area contributed by atoms with Gasteiger partial charge in [0.2, 0.25) is 0 Å². The smallest absolute Gasteiger partial charge is 0.0108 e. The lowest BCUT2D eigenvalue weighted by molar-refractivity contribution is 0.402. The molecule has 0 bridgehead atoms. The van der Waals surface area contributed by atoms with Gasteiger partial charge in [-0.2, -0.15) is 0 Å². The van der Waals surface area contributed by atoms with Crippen LogP contribution in [0.25, 0.3) is 0 Å². The van der Waals surface area contributed by atoms with E-state index in [0.717, 1.165) is 12.5 Å². The Morgan fingerprint density at radius 1 is 1.19 bits per heavy atom. The average Bonchev–Trinajstić information content (AvgIpc) is 2.99. The molecule has 1 nitrogen and oxygen atoms in total. The molecule has 1 unspecified atom stereocenters. The Hall–Kier alpha value is -0.820. The van der Waals surface area contributed by atoms with Crippen molar-refractivity contribution < 1.29 is 0 Å². The van der Waals surface area contributed by atoms with Crippen LogP contribution in [0.2, 0.25) is 0 Å². The molecule has 0 saturated heterocycles. The van der Waals surface area contributed by atoms with Crippen LogP contribution >= 0.6 is 0 Å². The van der Waals surface area contributed by atoms with Gasteiger partial charge in [0.25, 0.3) is 0 Å². The molecular weight excluding hydrogens is 254 g/mol. The molecule has 2 rings (SSSR count). The number of hydrogen-bond donors (Lipinski definition) is 1. The highest BCUT2D eigenvalue weighted by Gasteiger charge is 2.18. The number of nitrogens with one attached hydrogen (secondary N) is 1. The van der Waals surface area contributed by atoms with E-state index >= 15 is 0 Å². The minimum Gasteiger partial charge on any atom is -0.314 e. The minimum atomic E-state index is 0.658. The van der Waals surface area contributed by atoms with E-state index in [-0.39, 0.29) is 0 Å². The van der Waals surface area contributed by atoms with Gasteiger partial charge in [-0.3, -0.25) is 0 Å². The largest absolute Gasteiger partial charge is 0.314 e.